The molecular weight excluding hydrogens is 344 g/mol. The molecule has 0 bridgehead atoms. The lowest BCUT2D eigenvalue weighted by Crippen LogP contribution is -2.47. The Labute approximate surface area is 158 Å². The molecule has 0 aliphatic carbocycles. The normalized spacial score (nSPS) is 16.9. The van der Waals surface area contributed by atoms with Crippen molar-refractivity contribution in [3.8, 4) is 11.5 Å². The Morgan fingerprint density at radius 2 is 1.93 bits per heavy atom. The van der Waals surface area contributed by atoms with Gasteiger partial charge in [0.2, 0.25) is 6.79 Å². The molecule has 0 atom stereocenters. The predicted molar refractivity (Wildman–Crippen MR) is 102 cm³/mol. The molecule has 1 N–H and O–H groups in total. The zero-order chi connectivity index (χ0) is 18.6. The van der Waals surface area contributed by atoms with E-state index in [4.69, 9.17) is 9.47 Å². The van der Waals surface area contributed by atoms with Gasteiger partial charge in [-0.05, 0) is 62.8 Å². The molecule has 1 aromatic carbocycles. The van der Waals surface area contributed by atoms with Crippen LogP contribution < -0.4 is 14.8 Å². The first kappa shape index (κ1) is 17.6. The molecule has 2 amide bonds. The van der Waals surface area contributed by atoms with Gasteiger partial charge in [-0.3, -0.25) is 4.98 Å². The van der Waals surface area contributed by atoms with Crippen LogP contribution in [0.2, 0.25) is 0 Å². The molecule has 7 heteroatoms. The lowest BCUT2D eigenvalue weighted by molar-refractivity contribution is 0.135. The van der Waals surface area contributed by atoms with Crippen LogP contribution in [0.5, 0.6) is 11.5 Å². The molecule has 0 spiro atoms. The van der Waals surface area contributed by atoms with Crippen LogP contribution in [0.4, 0.5) is 10.5 Å². The van der Waals surface area contributed by atoms with Gasteiger partial charge < -0.3 is 24.6 Å². The molecule has 0 unspecified atom stereocenters. The third-order valence-corrected chi connectivity index (χ3v) is 5.12. The van der Waals surface area contributed by atoms with Crippen LogP contribution in [-0.2, 0) is 6.54 Å². The maximum Gasteiger partial charge on any atom is 0.322 e. The molecule has 2 aromatic rings. The highest BCUT2D eigenvalue weighted by Gasteiger charge is 2.27. The second-order valence-electron chi connectivity index (χ2n) is 7.02. The van der Waals surface area contributed by atoms with Gasteiger partial charge in [0.1, 0.15) is 0 Å². The average molecular weight is 368 g/mol. The molecule has 7 nitrogen and oxygen atoms in total. The third kappa shape index (κ3) is 4.14. The summed E-state index contributed by atoms with van der Waals surface area (Å²) >= 11 is 0. The zero-order valence-electron chi connectivity index (χ0n) is 15.4. The fraction of sp³-hybridized carbons (Fsp3) is 0.400. The monoisotopic (exact) mass is 368 g/mol. The molecule has 0 saturated carbocycles. The van der Waals surface area contributed by atoms with E-state index in [-0.39, 0.29) is 18.9 Å². The molecule has 1 aromatic heterocycles. The van der Waals surface area contributed by atoms with Gasteiger partial charge in [0.25, 0.3) is 0 Å². The first-order chi connectivity index (χ1) is 13.2. The van der Waals surface area contributed by atoms with Crippen molar-refractivity contribution in [3.05, 3.63) is 48.3 Å². The lowest BCUT2D eigenvalue weighted by atomic mass is 10.0. The zero-order valence-corrected chi connectivity index (χ0v) is 15.4. The fourth-order valence-corrected chi connectivity index (χ4v) is 3.53. The Bertz CT molecular complexity index is 791. The van der Waals surface area contributed by atoms with Crippen molar-refractivity contribution in [2.45, 2.75) is 25.4 Å². The molecule has 27 heavy (non-hydrogen) atoms. The number of benzene rings is 1. The first-order valence-corrected chi connectivity index (χ1v) is 9.24. The van der Waals surface area contributed by atoms with E-state index in [0.29, 0.717) is 23.7 Å². The summed E-state index contributed by atoms with van der Waals surface area (Å²) in [5.41, 5.74) is 1.78. The van der Waals surface area contributed by atoms with Crippen LogP contribution in [0.15, 0.2) is 42.7 Å². The number of rotatable bonds is 4. The number of aromatic nitrogens is 1. The maximum absolute atomic E-state index is 13.1. The number of likely N-dealkylation sites (tertiary alicyclic amines) is 1. The summed E-state index contributed by atoms with van der Waals surface area (Å²) in [6.45, 7) is 2.77. The second-order valence-corrected chi connectivity index (χ2v) is 7.02. The van der Waals surface area contributed by atoms with Crippen LogP contribution >= 0.6 is 0 Å². The Kier molecular flexibility index (Phi) is 5.11. The van der Waals surface area contributed by atoms with Gasteiger partial charge in [0.15, 0.2) is 11.5 Å². The van der Waals surface area contributed by atoms with Gasteiger partial charge >= 0.3 is 6.03 Å². The fourth-order valence-electron chi connectivity index (χ4n) is 3.53. The number of hydrogen-bond acceptors (Lipinski definition) is 5. The van der Waals surface area contributed by atoms with E-state index >= 15 is 0 Å². The van der Waals surface area contributed by atoms with Crippen LogP contribution in [0.1, 0.15) is 18.4 Å². The minimum Gasteiger partial charge on any atom is -0.454 e. The number of fused-ring (bicyclic) bond motifs is 1. The van der Waals surface area contributed by atoms with Crippen molar-refractivity contribution < 1.29 is 14.3 Å². The number of pyridine rings is 1. The average Bonchev–Trinajstić information content (AvgIpc) is 3.15. The Morgan fingerprint density at radius 1 is 1.19 bits per heavy atom. The van der Waals surface area contributed by atoms with Crippen molar-refractivity contribution in [2.24, 2.45) is 0 Å². The van der Waals surface area contributed by atoms with E-state index < -0.39 is 0 Å². The number of carbonyl (C=O) groups excluding carboxylic acids is 1. The van der Waals surface area contributed by atoms with Gasteiger partial charge in [-0.2, -0.15) is 0 Å². The predicted octanol–water partition coefficient (Wildman–Crippen LogP) is 2.94. The largest absolute Gasteiger partial charge is 0.454 e. The van der Waals surface area contributed by atoms with Crippen LogP contribution in [0, 0.1) is 0 Å². The summed E-state index contributed by atoms with van der Waals surface area (Å²) in [5.74, 6) is 1.37. The molecule has 142 valence electrons. The first-order valence-electron chi connectivity index (χ1n) is 9.24. The molecule has 0 radical (unpaired) electrons. The number of anilines is 1. The lowest BCUT2D eigenvalue weighted by Gasteiger charge is -2.37. The van der Waals surface area contributed by atoms with Crippen molar-refractivity contribution in [2.75, 3.05) is 32.2 Å². The Hall–Kier alpha value is -2.80. The number of nitrogens with one attached hydrogen (secondary N) is 1. The van der Waals surface area contributed by atoms with Crippen molar-refractivity contribution in [3.63, 3.8) is 0 Å². The van der Waals surface area contributed by atoms with E-state index in [0.717, 1.165) is 31.5 Å². The standard InChI is InChI=1S/C20H24N4O3/c1-23-10-6-17(7-11-23)24(13-15-4-8-21-9-5-15)20(25)22-16-2-3-18-19(12-16)27-14-26-18/h2-5,8-9,12,17H,6-7,10-11,13-14H2,1H3,(H,22,25). The summed E-state index contributed by atoms with van der Waals surface area (Å²) < 4.78 is 10.7. The highest BCUT2D eigenvalue weighted by atomic mass is 16.7. The van der Waals surface area contributed by atoms with E-state index in [9.17, 15) is 4.79 Å². The minimum atomic E-state index is -0.0970. The van der Waals surface area contributed by atoms with Gasteiger partial charge in [0, 0.05) is 36.7 Å². The smallest absolute Gasteiger partial charge is 0.322 e. The Morgan fingerprint density at radius 3 is 2.70 bits per heavy atom. The van der Waals surface area contributed by atoms with E-state index in [1.54, 1.807) is 18.5 Å². The number of piperidine rings is 1. The summed E-state index contributed by atoms with van der Waals surface area (Å²) in [6.07, 6.45) is 5.46. The number of hydrogen-bond donors (Lipinski definition) is 1. The quantitative estimate of drug-likeness (QED) is 0.899. The molecule has 2 aliphatic heterocycles. The minimum absolute atomic E-state index is 0.0970. The molecule has 3 heterocycles. The van der Waals surface area contributed by atoms with Gasteiger partial charge in [-0.1, -0.05) is 0 Å². The molecule has 1 fully saturated rings. The second kappa shape index (κ2) is 7.84. The van der Waals surface area contributed by atoms with E-state index in [2.05, 4.69) is 22.2 Å². The van der Waals surface area contributed by atoms with Crippen molar-refractivity contribution in [1.29, 1.82) is 0 Å². The summed E-state index contributed by atoms with van der Waals surface area (Å²) in [4.78, 5) is 21.4. The topological polar surface area (TPSA) is 66.9 Å². The van der Waals surface area contributed by atoms with Gasteiger partial charge in [-0.15, -0.1) is 0 Å². The number of amides is 2. The number of nitrogens with zero attached hydrogens (tertiary/aromatic N) is 3. The van der Waals surface area contributed by atoms with Gasteiger partial charge in [-0.25, -0.2) is 4.79 Å². The number of urea groups is 1. The van der Waals surface area contributed by atoms with Gasteiger partial charge in [0.05, 0.1) is 0 Å². The maximum atomic E-state index is 13.1. The Balaban J connectivity index is 1.50. The summed E-state index contributed by atoms with van der Waals surface area (Å²) in [5, 5.41) is 3.02. The highest BCUT2D eigenvalue weighted by molar-refractivity contribution is 5.90. The van der Waals surface area contributed by atoms with Crippen LogP contribution in [-0.4, -0.2) is 53.8 Å². The number of carbonyl (C=O) groups is 1. The molecule has 2 aliphatic rings. The SMILES string of the molecule is CN1CCC(N(Cc2ccncc2)C(=O)Nc2ccc3c(c2)OCO3)CC1. The molecule has 1 saturated heterocycles. The van der Waals surface area contributed by atoms with Crippen molar-refractivity contribution >= 4 is 11.7 Å². The molecule has 4 rings (SSSR count). The van der Waals surface area contributed by atoms with E-state index in [1.165, 1.54) is 0 Å². The highest BCUT2D eigenvalue weighted by Crippen LogP contribution is 2.34. The number of ether oxygens (including phenoxy) is 2. The van der Waals surface area contributed by atoms with E-state index in [1.807, 2.05) is 29.2 Å². The summed E-state index contributed by atoms with van der Waals surface area (Å²) in [7, 11) is 2.12. The van der Waals surface area contributed by atoms with Crippen LogP contribution in [0.3, 0.4) is 0 Å². The summed E-state index contributed by atoms with van der Waals surface area (Å²) in [6, 6.07) is 9.49. The third-order valence-electron chi connectivity index (χ3n) is 5.12. The van der Waals surface area contributed by atoms with Crippen molar-refractivity contribution in [1.82, 2.24) is 14.8 Å². The molecular formula is C20H24N4O3. The van der Waals surface area contributed by atoms with Crippen LogP contribution in [0.25, 0.3) is 0 Å².